The summed E-state index contributed by atoms with van der Waals surface area (Å²) < 4.78 is 13.2. The fourth-order valence-electron chi connectivity index (χ4n) is 3.98. The van der Waals surface area contributed by atoms with E-state index in [0.29, 0.717) is 17.1 Å². The van der Waals surface area contributed by atoms with Gasteiger partial charge < -0.3 is 9.88 Å². The second-order valence-corrected chi connectivity index (χ2v) is 7.87. The van der Waals surface area contributed by atoms with Gasteiger partial charge in [0.05, 0.1) is 10.6 Å². The van der Waals surface area contributed by atoms with Gasteiger partial charge in [-0.2, -0.15) is 0 Å². The van der Waals surface area contributed by atoms with Crippen LogP contribution in [0.1, 0.15) is 35.8 Å². The van der Waals surface area contributed by atoms with Crippen LogP contribution in [0.25, 0.3) is 10.9 Å². The van der Waals surface area contributed by atoms with Crippen molar-refractivity contribution in [3.63, 3.8) is 0 Å². The van der Waals surface area contributed by atoms with Crippen molar-refractivity contribution in [1.29, 1.82) is 0 Å². The van der Waals surface area contributed by atoms with Crippen LogP contribution >= 0.6 is 11.6 Å². The van der Waals surface area contributed by atoms with Crippen LogP contribution in [0.2, 0.25) is 5.02 Å². The number of benzene rings is 2. The molecule has 28 heavy (non-hydrogen) atoms. The van der Waals surface area contributed by atoms with Crippen LogP contribution in [0.5, 0.6) is 0 Å². The first-order chi connectivity index (χ1) is 13.4. The minimum absolute atomic E-state index is 0.0327. The summed E-state index contributed by atoms with van der Waals surface area (Å²) in [6.45, 7) is 6.33. The molecule has 6 heteroatoms. The Hall–Kier alpha value is -2.37. The SMILES string of the molecule is C[C@H](c1ccc(F)cc1)N1CCN(C(=O)c2cc3cc[nH]c3cc2Cl)[C@H](C)C1. The Kier molecular flexibility index (Phi) is 5.13. The van der Waals surface area contributed by atoms with Crippen molar-refractivity contribution < 1.29 is 9.18 Å². The molecule has 0 bridgehead atoms. The van der Waals surface area contributed by atoms with Crippen molar-refractivity contribution >= 4 is 28.4 Å². The van der Waals surface area contributed by atoms with E-state index in [1.165, 1.54) is 12.1 Å². The molecule has 0 saturated carbocycles. The molecule has 1 aromatic heterocycles. The zero-order valence-electron chi connectivity index (χ0n) is 16.0. The van der Waals surface area contributed by atoms with E-state index in [-0.39, 0.29) is 23.8 Å². The number of halogens is 2. The molecule has 2 atom stereocenters. The summed E-state index contributed by atoms with van der Waals surface area (Å²) in [4.78, 5) is 20.5. The predicted molar refractivity (Wildman–Crippen MR) is 110 cm³/mol. The molecule has 2 aromatic carbocycles. The fourth-order valence-corrected chi connectivity index (χ4v) is 4.23. The lowest BCUT2D eigenvalue weighted by atomic mass is 10.0. The summed E-state index contributed by atoms with van der Waals surface area (Å²) >= 11 is 6.39. The maximum absolute atomic E-state index is 13.2. The molecule has 1 aliphatic heterocycles. The molecule has 0 aliphatic carbocycles. The molecular weight excluding hydrogens is 377 g/mol. The van der Waals surface area contributed by atoms with Gasteiger partial charge in [-0.15, -0.1) is 0 Å². The van der Waals surface area contributed by atoms with E-state index in [1.807, 2.05) is 41.4 Å². The molecule has 1 N–H and O–H groups in total. The van der Waals surface area contributed by atoms with Gasteiger partial charge in [-0.05, 0) is 49.7 Å². The van der Waals surface area contributed by atoms with Gasteiger partial charge in [0.15, 0.2) is 0 Å². The topological polar surface area (TPSA) is 39.3 Å². The number of fused-ring (bicyclic) bond motifs is 1. The van der Waals surface area contributed by atoms with Crippen molar-refractivity contribution in [3.05, 3.63) is 70.6 Å². The molecule has 0 spiro atoms. The summed E-state index contributed by atoms with van der Waals surface area (Å²) in [5.74, 6) is -0.259. The van der Waals surface area contributed by atoms with Crippen molar-refractivity contribution in [2.24, 2.45) is 0 Å². The van der Waals surface area contributed by atoms with Crippen LogP contribution in [0.15, 0.2) is 48.7 Å². The molecule has 1 saturated heterocycles. The van der Waals surface area contributed by atoms with Gasteiger partial charge in [-0.3, -0.25) is 9.69 Å². The maximum atomic E-state index is 13.2. The Balaban J connectivity index is 1.49. The van der Waals surface area contributed by atoms with Crippen LogP contribution in [-0.2, 0) is 0 Å². The number of aromatic nitrogens is 1. The second-order valence-electron chi connectivity index (χ2n) is 7.47. The van der Waals surface area contributed by atoms with E-state index in [4.69, 9.17) is 11.6 Å². The van der Waals surface area contributed by atoms with Crippen molar-refractivity contribution in [1.82, 2.24) is 14.8 Å². The summed E-state index contributed by atoms with van der Waals surface area (Å²) in [6, 6.07) is 12.5. The molecule has 1 amide bonds. The number of carbonyl (C=O) groups excluding carboxylic acids is 1. The van der Waals surface area contributed by atoms with E-state index in [0.717, 1.165) is 29.6 Å². The number of piperazine rings is 1. The first kappa shape index (κ1) is 19.0. The highest BCUT2D eigenvalue weighted by Gasteiger charge is 2.31. The summed E-state index contributed by atoms with van der Waals surface area (Å²) in [5.41, 5.74) is 2.54. The van der Waals surface area contributed by atoms with Gasteiger partial charge in [0.25, 0.3) is 5.91 Å². The lowest BCUT2D eigenvalue weighted by molar-refractivity contribution is 0.0406. The highest BCUT2D eigenvalue weighted by molar-refractivity contribution is 6.34. The molecule has 1 aliphatic rings. The first-order valence-electron chi connectivity index (χ1n) is 9.51. The predicted octanol–water partition coefficient (Wildman–Crippen LogP) is 4.87. The summed E-state index contributed by atoms with van der Waals surface area (Å²) in [6.07, 6.45) is 1.84. The highest BCUT2D eigenvalue weighted by atomic mass is 35.5. The van der Waals surface area contributed by atoms with Gasteiger partial charge in [0.1, 0.15) is 5.82 Å². The molecule has 4 nitrogen and oxygen atoms in total. The third-order valence-electron chi connectivity index (χ3n) is 5.69. The normalized spacial score (nSPS) is 19.1. The zero-order chi connectivity index (χ0) is 19.8. The summed E-state index contributed by atoms with van der Waals surface area (Å²) in [7, 11) is 0. The smallest absolute Gasteiger partial charge is 0.255 e. The quantitative estimate of drug-likeness (QED) is 0.682. The van der Waals surface area contributed by atoms with Crippen LogP contribution in [0, 0.1) is 5.82 Å². The van der Waals surface area contributed by atoms with Crippen LogP contribution < -0.4 is 0 Å². The van der Waals surface area contributed by atoms with Gasteiger partial charge in [-0.25, -0.2) is 4.39 Å². The molecule has 2 heterocycles. The minimum Gasteiger partial charge on any atom is -0.361 e. The Morgan fingerprint density at radius 2 is 1.96 bits per heavy atom. The van der Waals surface area contributed by atoms with Crippen molar-refractivity contribution in [2.45, 2.75) is 25.9 Å². The molecule has 3 aromatic rings. The number of nitrogens with zero attached hydrogens (tertiary/aromatic N) is 2. The van der Waals surface area contributed by atoms with Gasteiger partial charge >= 0.3 is 0 Å². The van der Waals surface area contributed by atoms with E-state index in [1.54, 1.807) is 0 Å². The highest BCUT2D eigenvalue weighted by Crippen LogP contribution is 2.28. The monoisotopic (exact) mass is 399 g/mol. The number of H-pyrrole nitrogens is 1. The van der Waals surface area contributed by atoms with E-state index in [2.05, 4.69) is 23.7 Å². The maximum Gasteiger partial charge on any atom is 0.255 e. The molecule has 4 rings (SSSR count). The van der Waals surface area contributed by atoms with Gasteiger partial charge in [-0.1, -0.05) is 23.7 Å². The number of hydrogen-bond acceptors (Lipinski definition) is 2. The Morgan fingerprint density at radius 1 is 1.21 bits per heavy atom. The number of rotatable bonds is 3. The molecule has 1 fully saturated rings. The molecular formula is C22H23ClFN3O. The zero-order valence-corrected chi connectivity index (χ0v) is 16.7. The number of hydrogen-bond donors (Lipinski definition) is 1. The number of carbonyl (C=O) groups is 1. The third kappa shape index (κ3) is 3.52. The average Bonchev–Trinajstić information content (AvgIpc) is 3.14. The van der Waals surface area contributed by atoms with Gasteiger partial charge in [0.2, 0.25) is 0 Å². The third-order valence-corrected chi connectivity index (χ3v) is 6.00. The van der Waals surface area contributed by atoms with Crippen LogP contribution in [0.4, 0.5) is 4.39 Å². The fraction of sp³-hybridized carbons (Fsp3) is 0.318. The van der Waals surface area contributed by atoms with E-state index in [9.17, 15) is 9.18 Å². The summed E-state index contributed by atoms with van der Waals surface area (Å²) in [5, 5.41) is 1.44. The number of aromatic amines is 1. The lowest BCUT2D eigenvalue weighted by Gasteiger charge is -2.42. The Bertz CT molecular complexity index is 1000. The second kappa shape index (κ2) is 7.57. The molecule has 0 unspecified atom stereocenters. The standard InChI is InChI=1S/C22H23ClFN3O/c1-14-13-26(15(2)16-3-5-18(24)6-4-16)9-10-27(14)22(28)19-11-17-7-8-25-21(17)12-20(19)23/h3-8,11-12,14-15,25H,9-10,13H2,1-2H3/t14-,15-/m1/s1. The minimum atomic E-state index is -0.226. The van der Waals surface area contributed by atoms with E-state index < -0.39 is 0 Å². The Labute approximate surface area is 168 Å². The lowest BCUT2D eigenvalue weighted by Crippen LogP contribution is -2.54. The number of nitrogens with one attached hydrogen (secondary N) is 1. The average molecular weight is 400 g/mol. The van der Waals surface area contributed by atoms with Crippen molar-refractivity contribution in [3.8, 4) is 0 Å². The van der Waals surface area contributed by atoms with Crippen molar-refractivity contribution in [2.75, 3.05) is 19.6 Å². The Morgan fingerprint density at radius 3 is 2.68 bits per heavy atom. The van der Waals surface area contributed by atoms with Crippen LogP contribution in [0.3, 0.4) is 0 Å². The van der Waals surface area contributed by atoms with Crippen LogP contribution in [-0.4, -0.2) is 46.4 Å². The van der Waals surface area contributed by atoms with E-state index >= 15 is 0 Å². The first-order valence-corrected chi connectivity index (χ1v) is 9.89. The number of amides is 1. The molecule has 146 valence electrons. The largest absolute Gasteiger partial charge is 0.361 e. The molecule has 0 radical (unpaired) electrons. The van der Waals surface area contributed by atoms with Gasteiger partial charge in [0, 0.05) is 48.8 Å².